The second-order valence-electron chi connectivity index (χ2n) is 4.25. The van der Waals surface area contributed by atoms with Crippen LogP contribution < -0.4 is 10.7 Å². The summed E-state index contributed by atoms with van der Waals surface area (Å²) in [6.07, 6.45) is 1.59. The van der Waals surface area contributed by atoms with Crippen LogP contribution in [0.3, 0.4) is 0 Å². The summed E-state index contributed by atoms with van der Waals surface area (Å²) in [6.45, 7) is 5.26. The first-order chi connectivity index (χ1) is 8.75. The van der Waals surface area contributed by atoms with Crippen molar-refractivity contribution in [2.45, 2.75) is 19.5 Å². The quantitative estimate of drug-likeness (QED) is 0.780. The maximum Gasteiger partial charge on any atom is 0.238 e. The zero-order valence-corrected chi connectivity index (χ0v) is 10.5. The third-order valence-electron chi connectivity index (χ3n) is 2.80. The molecule has 0 aromatic carbocycles. The second kappa shape index (κ2) is 6.53. The minimum absolute atomic E-state index is 0.0436. The number of morpholine rings is 1. The number of hydrazine groups is 1. The molecular weight excluding hydrogens is 234 g/mol. The molecule has 2 heterocycles. The van der Waals surface area contributed by atoms with Gasteiger partial charge in [-0.2, -0.15) is 0 Å². The number of ether oxygens (including phenoxy) is 1. The van der Waals surface area contributed by atoms with Crippen LogP contribution in [0.2, 0.25) is 0 Å². The van der Waals surface area contributed by atoms with Crippen molar-refractivity contribution in [3.8, 4) is 0 Å². The molecule has 1 atom stereocenters. The largest absolute Gasteiger partial charge is 0.467 e. The van der Waals surface area contributed by atoms with E-state index in [4.69, 9.17) is 9.15 Å². The Kier molecular flexibility index (Phi) is 4.74. The normalized spacial score (nSPS) is 18.5. The van der Waals surface area contributed by atoms with Crippen LogP contribution in [0.5, 0.6) is 0 Å². The molecule has 1 fully saturated rings. The lowest BCUT2D eigenvalue weighted by Crippen LogP contribution is -2.53. The van der Waals surface area contributed by atoms with E-state index < -0.39 is 0 Å². The Morgan fingerprint density at radius 2 is 2.28 bits per heavy atom. The van der Waals surface area contributed by atoms with Gasteiger partial charge in [-0.15, -0.1) is 0 Å². The van der Waals surface area contributed by atoms with Crippen molar-refractivity contribution in [2.24, 2.45) is 0 Å². The van der Waals surface area contributed by atoms with Gasteiger partial charge in [0.05, 0.1) is 32.1 Å². The number of nitrogens with one attached hydrogen (secondary N) is 2. The van der Waals surface area contributed by atoms with E-state index in [-0.39, 0.29) is 11.9 Å². The molecule has 0 bridgehead atoms. The molecular formula is C12H19N3O3. The number of nitrogens with zero attached hydrogens (tertiary/aromatic N) is 1. The highest BCUT2D eigenvalue weighted by Gasteiger charge is 2.17. The van der Waals surface area contributed by atoms with Crippen LogP contribution in [0.15, 0.2) is 22.8 Å². The van der Waals surface area contributed by atoms with E-state index in [2.05, 4.69) is 10.7 Å². The fourth-order valence-electron chi connectivity index (χ4n) is 1.77. The predicted molar refractivity (Wildman–Crippen MR) is 65.5 cm³/mol. The lowest BCUT2D eigenvalue weighted by molar-refractivity contribution is -0.125. The van der Waals surface area contributed by atoms with Gasteiger partial charge in [-0.3, -0.25) is 4.79 Å². The molecule has 1 saturated heterocycles. The predicted octanol–water partition coefficient (Wildman–Crippen LogP) is 0.121. The average Bonchev–Trinajstić information content (AvgIpc) is 2.90. The fraction of sp³-hybridized carbons (Fsp3) is 0.583. The summed E-state index contributed by atoms with van der Waals surface area (Å²) in [7, 11) is 0. The fourth-order valence-corrected chi connectivity index (χ4v) is 1.77. The molecule has 100 valence electrons. The Hall–Kier alpha value is -1.37. The van der Waals surface area contributed by atoms with E-state index in [1.165, 1.54) is 0 Å². The molecule has 0 spiro atoms. The maximum absolute atomic E-state index is 11.8. The van der Waals surface area contributed by atoms with E-state index in [0.29, 0.717) is 19.8 Å². The van der Waals surface area contributed by atoms with Gasteiger partial charge in [0.2, 0.25) is 5.91 Å². The number of carbonyl (C=O) groups excluding carboxylic acids is 1. The highest BCUT2D eigenvalue weighted by Crippen LogP contribution is 1.99. The van der Waals surface area contributed by atoms with Gasteiger partial charge in [0.1, 0.15) is 5.76 Å². The number of hydrogen-bond donors (Lipinski definition) is 2. The number of hydrogen-bond acceptors (Lipinski definition) is 5. The number of rotatable bonds is 5. The molecule has 2 N–H and O–H groups in total. The van der Waals surface area contributed by atoms with Crippen molar-refractivity contribution in [1.29, 1.82) is 0 Å². The number of carbonyl (C=O) groups is 1. The highest BCUT2D eigenvalue weighted by atomic mass is 16.5. The molecule has 6 nitrogen and oxygen atoms in total. The average molecular weight is 253 g/mol. The summed E-state index contributed by atoms with van der Waals surface area (Å²) >= 11 is 0. The first kappa shape index (κ1) is 13.1. The van der Waals surface area contributed by atoms with E-state index in [9.17, 15) is 4.79 Å². The van der Waals surface area contributed by atoms with Crippen molar-refractivity contribution >= 4 is 5.91 Å². The van der Waals surface area contributed by atoms with Crippen molar-refractivity contribution in [3.63, 3.8) is 0 Å². The van der Waals surface area contributed by atoms with Crippen LogP contribution in [0.1, 0.15) is 12.7 Å². The molecule has 0 radical (unpaired) electrons. The summed E-state index contributed by atoms with van der Waals surface area (Å²) < 4.78 is 10.4. The molecule has 0 aliphatic carbocycles. The van der Waals surface area contributed by atoms with Gasteiger partial charge in [0.25, 0.3) is 0 Å². The standard InChI is InChI=1S/C12H19N3O3/c1-10(14-15-4-7-17-8-5-15)12(16)13-9-11-3-2-6-18-11/h2-3,6,10,14H,4-5,7-9H2,1H3,(H,13,16). The molecule has 0 saturated carbocycles. The lowest BCUT2D eigenvalue weighted by Gasteiger charge is -2.29. The summed E-state index contributed by atoms with van der Waals surface area (Å²) in [5, 5.41) is 4.84. The Bertz CT molecular complexity index is 361. The molecule has 2 rings (SSSR count). The molecule has 1 aromatic rings. The van der Waals surface area contributed by atoms with Gasteiger partial charge in [-0.1, -0.05) is 0 Å². The van der Waals surface area contributed by atoms with Crippen molar-refractivity contribution in [3.05, 3.63) is 24.2 Å². The highest BCUT2D eigenvalue weighted by molar-refractivity contribution is 5.81. The van der Waals surface area contributed by atoms with Gasteiger partial charge in [0.15, 0.2) is 0 Å². The van der Waals surface area contributed by atoms with Crippen LogP contribution in [-0.2, 0) is 16.1 Å². The summed E-state index contributed by atoms with van der Waals surface area (Å²) in [6, 6.07) is 3.37. The van der Waals surface area contributed by atoms with Crippen LogP contribution in [0.25, 0.3) is 0 Å². The third-order valence-corrected chi connectivity index (χ3v) is 2.80. The zero-order chi connectivity index (χ0) is 12.8. The summed E-state index contributed by atoms with van der Waals surface area (Å²) in [5.41, 5.74) is 3.16. The Morgan fingerprint density at radius 3 is 2.94 bits per heavy atom. The maximum atomic E-state index is 11.8. The van der Waals surface area contributed by atoms with Crippen LogP contribution in [0, 0.1) is 0 Å². The first-order valence-electron chi connectivity index (χ1n) is 6.14. The first-order valence-corrected chi connectivity index (χ1v) is 6.14. The topological polar surface area (TPSA) is 66.7 Å². The van der Waals surface area contributed by atoms with E-state index >= 15 is 0 Å². The molecule has 18 heavy (non-hydrogen) atoms. The Morgan fingerprint density at radius 1 is 1.50 bits per heavy atom. The van der Waals surface area contributed by atoms with Crippen LogP contribution in [0.4, 0.5) is 0 Å². The van der Waals surface area contributed by atoms with Crippen LogP contribution in [-0.4, -0.2) is 43.3 Å². The van der Waals surface area contributed by atoms with Gasteiger partial charge in [-0.25, -0.2) is 10.4 Å². The minimum Gasteiger partial charge on any atom is -0.467 e. The monoisotopic (exact) mass is 253 g/mol. The van der Waals surface area contributed by atoms with Crippen molar-refractivity contribution in [2.75, 3.05) is 26.3 Å². The summed E-state index contributed by atoms with van der Waals surface area (Å²) in [4.78, 5) is 11.8. The van der Waals surface area contributed by atoms with Gasteiger partial charge in [-0.05, 0) is 19.1 Å². The third kappa shape index (κ3) is 3.83. The number of amides is 1. The number of furan rings is 1. The molecule has 1 aromatic heterocycles. The summed E-state index contributed by atoms with van der Waals surface area (Å²) in [5.74, 6) is 0.708. The van der Waals surface area contributed by atoms with Crippen molar-refractivity contribution < 1.29 is 13.9 Å². The Balaban J connectivity index is 1.70. The van der Waals surface area contributed by atoms with Crippen LogP contribution >= 0.6 is 0 Å². The van der Waals surface area contributed by atoms with Gasteiger partial charge >= 0.3 is 0 Å². The second-order valence-corrected chi connectivity index (χ2v) is 4.25. The van der Waals surface area contributed by atoms with Crippen molar-refractivity contribution in [1.82, 2.24) is 15.8 Å². The molecule has 6 heteroatoms. The smallest absolute Gasteiger partial charge is 0.238 e. The van der Waals surface area contributed by atoms with E-state index in [1.807, 2.05) is 18.0 Å². The minimum atomic E-state index is -0.266. The van der Waals surface area contributed by atoms with E-state index in [0.717, 1.165) is 18.8 Å². The molecule has 1 amide bonds. The lowest BCUT2D eigenvalue weighted by atomic mass is 10.3. The van der Waals surface area contributed by atoms with Gasteiger partial charge in [0, 0.05) is 13.1 Å². The zero-order valence-electron chi connectivity index (χ0n) is 10.5. The van der Waals surface area contributed by atoms with E-state index in [1.54, 1.807) is 12.3 Å². The molecule has 1 aliphatic heterocycles. The molecule has 1 unspecified atom stereocenters. The SMILES string of the molecule is CC(NN1CCOCC1)C(=O)NCc1ccco1. The molecule has 1 aliphatic rings. The van der Waals surface area contributed by atoms with Gasteiger partial charge < -0.3 is 14.5 Å². The Labute approximate surface area is 106 Å².